The van der Waals surface area contributed by atoms with Crippen LogP contribution < -0.4 is 16.0 Å². The summed E-state index contributed by atoms with van der Waals surface area (Å²) >= 11 is 1.59. The molecule has 0 unspecified atom stereocenters. The van der Waals surface area contributed by atoms with Crippen LogP contribution in [-0.2, 0) is 4.74 Å². The number of ether oxygens (including phenoxy) is 1. The van der Waals surface area contributed by atoms with E-state index >= 15 is 0 Å². The Labute approximate surface area is 168 Å². The Bertz CT molecular complexity index is 926. The van der Waals surface area contributed by atoms with Crippen LogP contribution in [0.15, 0.2) is 58.7 Å². The summed E-state index contributed by atoms with van der Waals surface area (Å²) in [6.07, 6.45) is 3.63. The molecule has 0 bridgehead atoms. The average Bonchev–Trinajstić information content (AvgIpc) is 2.73. The maximum Gasteiger partial charge on any atom is 0.228 e. The van der Waals surface area contributed by atoms with Crippen molar-refractivity contribution in [2.24, 2.45) is 0 Å². The van der Waals surface area contributed by atoms with E-state index < -0.39 is 0 Å². The summed E-state index contributed by atoms with van der Waals surface area (Å²) < 4.78 is 5.39. The summed E-state index contributed by atoms with van der Waals surface area (Å²) in [6, 6.07) is 11.8. The fourth-order valence-electron chi connectivity index (χ4n) is 2.81. The summed E-state index contributed by atoms with van der Waals surface area (Å²) in [5.41, 5.74) is 8.38. The molecule has 0 radical (unpaired) electrons. The molecule has 8 heteroatoms. The average molecular weight is 395 g/mol. The summed E-state index contributed by atoms with van der Waals surface area (Å²) in [5, 5.41) is 4.14. The van der Waals surface area contributed by atoms with Crippen LogP contribution in [0.25, 0.3) is 0 Å². The van der Waals surface area contributed by atoms with Crippen LogP contribution in [-0.4, -0.2) is 41.3 Å². The molecule has 144 valence electrons. The van der Waals surface area contributed by atoms with E-state index in [1.165, 1.54) is 0 Å². The number of rotatable bonds is 5. The molecule has 4 rings (SSSR count). The van der Waals surface area contributed by atoms with Gasteiger partial charge in [-0.25, -0.2) is 15.0 Å². The Morgan fingerprint density at radius 2 is 1.82 bits per heavy atom. The van der Waals surface area contributed by atoms with Crippen molar-refractivity contribution in [3.63, 3.8) is 0 Å². The smallest absolute Gasteiger partial charge is 0.228 e. The number of nitrogens with two attached hydrogens (primary N) is 1. The van der Waals surface area contributed by atoms with E-state index in [-0.39, 0.29) is 0 Å². The molecule has 3 heterocycles. The second-order valence-electron chi connectivity index (χ2n) is 6.48. The lowest BCUT2D eigenvalue weighted by Gasteiger charge is -2.27. The van der Waals surface area contributed by atoms with Crippen LogP contribution in [0.5, 0.6) is 0 Å². The third kappa shape index (κ3) is 4.52. The SMILES string of the molecule is Cc1cnc(Nc2ccc(N3CCOCC3)nc2)nc1Sc1ccc(N)cc1. The second-order valence-corrected chi connectivity index (χ2v) is 7.54. The maximum absolute atomic E-state index is 5.76. The van der Waals surface area contributed by atoms with Crippen molar-refractivity contribution >= 4 is 34.9 Å². The van der Waals surface area contributed by atoms with Gasteiger partial charge in [-0.15, -0.1) is 0 Å². The van der Waals surface area contributed by atoms with Crippen molar-refractivity contribution in [2.45, 2.75) is 16.8 Å². The number of aromatic nitrogens is 3. The lowest BCUT2D eigenvalue weighted by atomic mass is 10.3. The normalized spacial score (nSPS) is 14.1. The molecule has 1 aliphatic rings. The molecule has 1 aliphatic heterocycles. The molecule has 0 amide bonds. The number of anilines is 4. The second kappa shape index (κ2) is 8.45. The fourth-order valence-corrected chi connectivity index (χ4v) is 3.65. The number of benzene rings is 1. The van der Waals surface area contributed by atoms with E-state index in [1.54, 1.807) is 18.0 Å². The Morgan fingerprint density at radius 3 is 2.54 bits per heavy atom. The zero-order valence-electron chi connectivity index (χ0n) is 15.6. The molecule has 3 aromatic rings. The molecule has 1 saturated heterocycles. The molecule has 0 atom stereocenters. The molecule has 28 heavy (non-hydrogen) atoms. The molecule has 0 saturated carbocycles. The van der Waals surface area contributed by atoms with Gasteiger partial charge in [-0.2, -0.15) is 0 Å². The van der Waals surface area contributed by atoms with Crippen LogP contribution >= 0.6 is 11.8 Å². The van der Waals surface area contributed by atoms with Gasteiger partial charge >= 0.3 is 0 Å². The van der Waals surface area contributed by atoms with Gasteiger partial charge in [0.2, 0.25) is 5.95 Å². The number of nitrogens with zero attached hydrogens (tertiary/aromatic N) is 4. The van der Waals surface area contributed by atoms with Crippen molar-refractivity contribution in [3.8, 4) is 0 Å². The van der Waals surface area contributed by atoms with Gasteiger partial charge in [-0.1, -0.05) is 11.8 Å². The van der Waals surface area contributed by atoms with Gasteiger partial charge in [0.25, 0.3) is 0 Å². The summed E-state index contributed by atoms with van der Waals surface area (Å²) in [6.45, 7) is 5.22. The molecular formula is C20H22N6OS. The minimum Gasteiger partial charge on any atom is -0.399 e. The zero-order valence-corrected chi connectivity index (χ0v) is 16.4. The Hall–Kier alpha value is -2.84. The molecule has 2 aromatic heterocycles. The third-order valence-electron chi connectivity index (χ3n) is 4.36. The Kier molecular flexibility index (Phi) is 5.59. The van der Waals surface area contributed by atoms with E-state index in [1.807, 2.05) is 49.5 Å². The topological polar surface area (TPSA) is 89.2 Å². The standard InChI is InChI=1S/C20H22N6OS/c1-14-12-23-20(25-19(14)28-17-5-2-15(21)3-6-17)24-16-4-7-18(22-13-16)26-8-10-27-11-9-26/h2-7,12-13H,8-11,21H2,1H3,(H,23,24,25). The number of nitrogen functional groups attached to an aromatic ring is 1. The van der Waals surface area contributed by atoms with Crippen molar-refractivity contribution < 1.29 is 4.74 Å². The summed E-state index contributed by atoms with van der Waals surface area (Å²) in [4.78, 5) is 16.9. The number of hydrogen-bond donors (Lipinski definition) is 2. The quantitative estimate of drug-likeness (QED) is 0.502. The van der Waals surface area contributed by atoms with E-state index in [4.69, 9.17) is 10.5 Å². The van der Waals surface area contributed by atoms with Gasteiger partial charge < -0.3 is 20.7 Å². The van der Waals surface area contributed by atoms with Crippen LogP contribution in [0.1, 0.15) is 5.56 Å². The monoisotopic (exact) mass is 394 g/mol. The lowest BCUT2D eigenvalue weighted by Crippen LogP contribution is -2.36. The molecule has 0 aliphatic carbocycles. The van der Waals surface area contributed by atoms with E-state index in [0.717, 1.165) is 59.0 Å². The number of hydrogen-bond acceptors (Lipinski definition) is 8. The van der Waals surface area contributed by atoms with Crippen molar-refractivity contribution in [1.82, 2.24) is 15.0 Å². The van der Waals surface area contributed by atoms with Crippen LogP contribution in [0, 0.1) is 6.92 Å². The first-order valence-electron chi connectivity index (χ1n) is 9.10. The van der Waals surface area contributed by atoms with Gasteiger partial charge in [0, 0.05) is 35.4 Å². The number of aryl methyl sites for hydroxylation is 1. The maximum atomic E-state index is 5.76. The van der Waals surface area contributed by atoms with Gasteiger partial charge in [0.05, 0.1) is 25.1 Å². The van der Waals surface area contributed by atoms with E-state index in [0.29, 0.717) is 5.95 Å². The highest BCUT2D eigenvalue weighted by Crippen LogP contribution is 2.30. The third-order valence-corrected chi connectivity index (χ3v) is 5.47. The molecule has 1 aromatic carbocycles. The minimum atomic E-state index is 0.546. The molecule has 0 spiro atoms. The van der Waals surface area contributed by atoms with Gasteiger partial charge in [0.15, 0.2) is 0 Å². The lowest BCUT2D eigenvalue weighted by molar-refractivity contribution is 0.122. The van der Waals surface area contributed by atoms with Crippen LogP contribution in [0.3, 0.4) is 0 Å². The van der Waals surface area contributed by atoms with Crippen molar-refractivity contribution in [1.29, 1.82) is 0 Å². The first-order chi connectivity index (χ1) is 13.7. The summed E-state index contributed by atoms with van der Waals surface area (Å²) in [5.74, 6) is 1.50. The van der Waals surface area contributed by atoms with Gasteiger partial charge in [-0.3, -0.25) is 0 Å². The van der Waals surface area contributed by atoms with Crippen molar-refractivity contribution in [3.05, 3.63) is 54.4 Å². The van der Waals surface area contributed by atoms with Gasteiger partial charge in [0.1, 0.15) is 10.8 Å². The Morgan fingerprint density at radius 1 is 1.04 bits per heavy atom. The van der Waals surface area contributed by atoms with E-state index in [9.17, 15) is 0 Å². The zero-order chi connectivity index (χ0) is 19.3. The highest BCUT2D eigenvalue weighted by atomic mass is 32.2. The molecule has 3 N–H and O–H groups in total. The fraction of sp³-hybridized carbons (Fsp3) is 0.250. The minimum absolute atomic E-state index is 0.546. The highest BCUT2D eigenvalue weighted by molar-refractivity contribution is 7.99. The van der Waals surface area contributed by atoms with Crippen LogP contribution in [0.4, 0.5) is 23.1 Å². The first kappa shape index (κ1) is 18.5. The van der Waals surface area contributed by atoms with Crippen molar-refractivity contribution in [2.75, 3.05) is 42.3 Å². The highest BCUT2D eigenvalue weighted by Gasteiger charge is 2.12. The number of nitrogens with one attached hydrogen (secondary N) is 1. The molecule has 1 fully saturated rings. The molecular weight excluding hydrogens is 372 g/mol. The largest absolute Gasteiger partial charge is 0.399 e. The van der Waals surface area contributed by atoms with E-state index in [2.05, 4.69) is 25.2 Å². The first-order valence-corrected chi connectivity index (χ1v) is 9.92. The number of morpholine rings is 1. The molecule has 7 nitrogen and oxygen atoms in total. The van der Waals surface area contributed by atoms with Crippen LogP contribution in [0.2, 0.25) is 0 Å². The Balaban J connectivity index is 1.46. The predicted octanol–water partition coefficient (Wildman–Crippen LogP) is 3.49. The predicted molar refractivity (Wildman–Crippen MR) is 112 cm³/mol. The summed E-state index contributed by atoms with van der Waals surface area (Å²) in [7, 11) is 0. The van der Waals surface area contributed by atoms with Gasteiger partial charge in [-0.05, 0) is 43.3 Å². The number of pyridine rings is 1.